The number of halogens is 2. The first-order valence-corrected chi connectivity index (χ1v) is 10.1. The lowest BCUT2D eigenvalue weighted by atomic mass is 10.2. The summed E-state index contributed by atoms with van der Waals surface area (Å²) in [5.74, 6) is 0.621. The van der Waals surface area contributed by atoms with Crippen LogP contribution in [-0.4, -0.2) is 52.1 Å². The molecule has 0 amide bonds. The lowest BCUT2D eigenvalue weighted by molar-refractivity contribution is -0.497. The van der Waals surface area contributed by atoms with Gasteiger partial charge in [0.1, 0.15) is 11.4 Å². The zero-order chi connectivity index (χ0) is 23.3. The summed E-state index contributed by atoms with van der Waals surface area (Å²) < 4.78 is 10.6. The SMILES string of the molecule is CC(OC(=O)Oc1cccc(CON(O)O)c1)N1CCN/C1=N\c1c(Cl)cc(N)cc1Cl. The highest BCUT2D eigenvalue weighted by Gasteiger charge is 2.27. The summed E-state index contributed by atoms with van der Waals surface area (Å²) >= 11 is 12.4. The number of nitrogens with one attached hydrogen (secondary N) is 1. The molecule has 13 heteroatoms. The van der Waals surface area contributed by atoms with E-state index in [1.165, 1.54) is 6.07 Å². The molecule has 0 bridgehead atoms. The summed E-state index contributed by atoms with van der Waals surface area (Å²) in [5, 5.41) is 20.5. The molecule has 0 spiro atoms. The third kappa shape index (κ3) is 6.36. The third-order valence-corrected chi connectivity index (χ3v) is 4.89. The summed E-state index contributed by atoms with van der Waals surface area (Å²) in [7, 11) is 0. The maximum Gasteiger partial charge on any atom is 0.515 e. The van der Waals surface area contributed by atoms with Gasteiger partial charge in [-0.05, 0) is 36.8 Å². The van der Waals surface area contributed by atoms with Gasteiger partial charge in [-0.15, -0.1) is 0 Å². The normalized spacial score (nSPS) is 15.7. The van der Waals surface area contributed by atoms with Crippen molar-refractivity contribution in [3.63, 3.8) is 0 Å². The fourth-order valence-electron chi connectivity index (χ4n) is 2.91. The van der Waals surface area contributed by atoms with Crippen LogP contribution >= 0.6 is 23.2 Å². The molecular weight excluding hydrogens is 465 g/mol. The minimum Gasteiger partial charge on any atom is -0.410 e. The van der Waals surface area contributed by atoms with Crippen LogP contribution in [0, 0.1) is 0 Å². The number of nitrogens with zero attached hydrogens (tertiary/aromatic N) is 3. The number of rotatable bonds is 7. The number of hydrogen-bond donors (Lipinski definition) is 4. The van der Waals surface area contributed by atoms with E-state index in [0.29, 0.717) is 46.0 Å². The maximum absolute atomic E-state index is 12.3. The van der Waals surface area contributed by atoms with Gasteiger partial charge in [0.05, 0.1) is 22.0 Å². The van der Waals surface area contributed by atoms with Crippen molar-refractivity contribution in [3.05, 3.63) is 52.0 Å². The quantitative estimate of drug-likeness (QED) is 0.199. The van der Waals surface area contributed by atoms with E-state index in [1.807, 2.05) is 0 Å². The Morgan fingerprint density at radius 3 is 2.72 bits per heavy atom. The second-order valence-electron chi connectivity index (χ2n) is 6.63. The van der Waals surface area contributed by atoms with Crippen molar-refractivity contribution in [1.29, 1.82) is 0 Å². The highest BCUT2D eigenvalue weighted by Crippen LogP contribution is 2.35. The number of hydrogen-bond acceptors (Lipinski definition) is 9. The van der Waals surface area contributed by atoms with Crippen LogP contribution in [0.25, 0.3) is 0 Å². The van der Waals surface area contributed by atoms with Crippen molar-refractivity contribution >= 4 is 46.7 Å². The van der Waals surface area contributed by atoms with E-state index in [4.69, 9.17) is 48.8 Å². The van der Waals surface area contributed by atoms with Gasteiger partial charge in [-0.3, -0.25) is 10.4 Å². The Kier molecular flexibility index (Phi) is 7.96. The number of anilines is 1. The first kappa shape index (κ1) is 23.9. The number of nitrogen functional groups attached to an aromatic ring is 1. The first-order valence-electron chi connectivity index (χ1n) is 9.35. The third-order valence-electron chi connectivity index (χ3n) is 4.32. The molecule has 32 heavy (non-hydrogen) atoms. The Morgan fingerprint density at radius 1 is 1.31 bits per heavy atom. The van der Waals surface area contributed by atoms with Crippen molar-refractivity contribution in [2.24, 2.45) is 4.99 Å². The number of nitrogens with two attached hydrogens (primary N) is 1. The van der Waals surface area contributed by atoms with Gasteiger partial charge in [0.15, 0.2) is 6.23 Å². The van der Waals surface area contributed by atoms with E-state index in [-0.39, 0.29) is 12.4 Å². The fraction of sp³-hybridized carbons (Fsp3) is 0.263. The number of benzene rings is 2. The molecule has 2 aromatic rings. The Hall–Kier alpha value is -2.80. The second kappa shape index (κ2) is 10.7. The van der Waals surface area contributed by atoms with E-state index in [1.54, 1.807) is 42.2 Å². The van der Waals surface area contributed by atoms with Gasteiger partial charge in [-0.2, -0.15) is 0 Å². The van der Waals surface area contributed by atoms with E-state index < -0.39 is 17.8 Å². The van der Waals surface area contributed by atoms with E-state index in [0.717, 1.165) is 0 Å². The Bertz CT molecular complexity index is 983. The van der Waals surface area contributed by atoms with Crippen molar-refractivity contribution in [2.45, 2.75) is 19.8 Å². The molecule has 1 atom stereocenters. The maximum atomic E-state index is 12.3. The topological polar surface area (TPSA) is 142 Å². The Morgan fingerprint density at radius 2 is 2.03 bits per heavy atom. The standard InChI is InChI=1S/C19H21Cl2N5O6/c1-11(31-19(27)32-14-4-2-3-12(7-14)10-30-26(28)29)25-6-5-23-18(25)24-17-15(20)8-13(22)9-16(17)21/h2-4,7-9,11,28-29H,5-6,10,22H2,1H3,(H,23,24). The molecule has 1 saturated heterocycles. The molecule has 1 heterocycles. The number of ether oxygens (including phenoxy) is 2. The van der Waals surface area contributed by atoms with Gasteiger partial charge in [-0.25, -0.2) is 14.6 Å². The summed E-state index contributed by atoms with van der Waals surface area (Å²) in [6.45, 7) is 2.60. The van der Waals surface area contributed by atoms with Gasteiger partial charge in [0.2, 0.25) is 5.96 Å². The van der Waals surface area contributed by atoms with Gasteiger partial charge in [0, 0.05) is 18.8 Å². The predicted molar refractivity (Wildman–Crippen MR) is 116 cm³/mol. The molecule has 1 aliphatic rings. The van der Waals surface area contributed by atoms with Crippen LogP contribution in [0.5, 0.6) is 5.75 Å². The van der Waals surface area contributed by atoms with Crippen LogP contribution in [0.15, 0.2) is 41.4 Å². The van der Waals surface area contributed by atoms with Crippen LogP contribution in [0.4, 0.5) is 16.2 Å². The molecule has 172 valence electrons. The first-order chi connectivity index (χ1) is 15.2. The van der Waals surface area contributed by atoms with Crippen LogP contribution in [0.2, 0.25) is 10.0 Å². The van der Waals surface area contributed by atoms with Crippen LogP contribution in [0.1, 0.15) is 12.5 Å². The molecule has 1 fully saturated rings. The van der Waals surface area contributed by atoms with Gasteiger partial charge >= 0.3 is 6.16 Å². The molecule has 1 aliphatic heterocycles. The minimum absolute atomic E-state index is 0.148. The van der Waals surface area contributed by atoms with Crippen molar-refractivity contribution in [1.82, 2.24) is 15.6 Å². The van der Waals surface area contributed by atoms with Crippen LogP contribution < -0.4 is 15.8 Å². The minimum atomic E-state index is -0.934. The Labute approximate surface area is 193 Å². The largest absolute Gasteiger partial charge is 0.515 e. The van der Waals surface area contributed by atoms with Crippen molar-refractivity contribution < 1.29 is 29.5 Å². The van der Waals surface area contributed by atoms with Gasteiger partial charge in [0.25, 0.3) is 0 Å². The van der Waals surface area contributed by atoms with Crippen molar-refractivity contribution in [3.8, 4) is 5.75 Å². The van der Waals surface area contributed by atoms with Crippen LogP contribution in [-0.2, 0) is 16.2 Å². The fourth-order valence-corrected chi connectivity index (χ4v) is 3.49. The average Bonchev–Trinajstić information content (AvgIpc) is 3.18. The molecule has 11 nitrogen and oxygen atoms in total. The predicted octanol–water partition coefficient (Wildman–Crippen LogP) is 3.54. The van der Waals surface area contributed by atoms with Crippen LogP contribution in [0.3, 0.4) is 0 Å². The Balaban J connectivity index is 1.64. The molecule has 0 aliphatic carbocycles. The number of carbonyl (C=O) groups excluding carboxylic acids is 1. The highest BCUT2D eigenvalue weighted by atomic mass is 35.5. The van der Waals surface area contributed by atoms with Gasteiger partial charge < -0.3 is 25.4 Å². The zero-order valence-electron chi connectivity index (χ0n) is 16.9. The smallest absolute Gasteiger partial charge is 0.410 e. The monoisotopic (exact) mass is 485 g/mol. The highest BCUT2D eigenvalue weighted by molar-refractivity contribution is 6.39. The van der Waals surface area contributed by atoms with E-state index in [9.17, 15) is 4.79 Å². The molecular formula is C19H21Cl2N5O6. The second-order valence-corrected chi connectivity index (χ2v) is 7.45. The lowest BCUT2D eigenvalue weighted by Gasteiger charge is -2.25. The summed E-state index contributed by atoms with van der Waals surface area (Å²) in [5.41, 5.74) is 7.02. The molecule has 3 rings (SSSR count). The molecule has 0 aromatic heterocycles. The average molecular weight is 486 g/mol. The summed E-state index contributed by atoms with van der Waals surface area (Å²) in [6.07, 6.45) is -1.65. The number of guanidine groups is 1. The van der Waals surface area contributed by atoms with E-state index in [2.05, 4.69) is 15.1 Å². The summed E-state index contributed by atoms with van der Waals surface area (Å²) in [4.78, 5) is 23.0. The molecule has 0 saturated carbocycles. The molecule has 5 N–H and O–H groups in total. The summed E-state index contributed by atoms with van der Waals surface area (Å²) in [6, 6.07) is 9.38. The lowest BCUT2D eigenvalue weighted by Crippen LogP contribution is -2.40. The zero-order valence-corrected chi connectivity index (χ0v) is 18.4. The molecule has 2 aromatic carbocycles. The molecule has 0 radical (unpaired) electrons. The van der Waals surface area contributed by atoms with E-state index >= 15 is 0 Å². The van der Waals surface area contributed by atoms with Gasteiger partial charge in [-0.1, -0.05) is 35.3 Å². The van der Waals surface area contributed by atoms with Crippen molar-refractivity contribution in [2.75, 3.05) is 18.8 Å². The number of carbonyl (C=O) groups is 1. The molecule has 1 unspecified atom stereocenters. The number of aliphatic imine (C=N–C) groups is 1.